The van der Waals surface area contributed by atoms with E-state index in [1.54, 1.807) is 18.3 Å². The summed E-state index contributed by atoms with van der Waals surface area (Å²) in [5.41, 5.74) is 7.47. The Kier molecular flexibility index (Phi) is 4.32. The topological polar surface area (TPSA) is 80.9 Å². The Balaban J connectivity index is 1.81. The standard InChI is InChI=1S/C17H20N4O/c18-16(22)13-6-4-5-12(11-13)15-9-10-19-17(21-15)20-14-7-2-1-3-8-14/h4-6,9-11,14H,1-3,7-8H2,(H2,18,22)(H,19,20,21). The van der Waals surface area contributed by atoms with Crippen molar-refractivity contribution >= 4 is 11.9 Å². The number of primary amides is 1. The van der Waals surface area contributed by atoms with Crippen LogP contribution in [0.1, 0.15) is 42.5 Å². The summed E-state index contributed by atoms with van der Waals surface area (Å²) in [6.45, 7) is 0. The fourth-order valence-corrected chi connectivity index (χ4v) is 2.85. The van der Waals surface area contributed by atoms with Gasteiger partial charge in [0.15, 0.2) is 0 Å². The van der Waals surface area contributed by atoms with E-state index in [1.807, 2.05) is 18.2 Å². The van der Waals surface area contributed by atoms with Gasteiger partial charge in [0.2, 0.25) is 11.9 Å². The van der Waals surface area contributed by atoms with Crippen LogP contribution in [0.3, 0.4) is 0 Å². The second-order valence-electron chi connectivity index (χ2n) is 5.69. The van der Waals surface area contributed by atoms with Gasteiger partial charge in [0, 0.05) is 23.4 Å². The molecule has 0 saturated heterocycles. The maximum Gasteiger partial charge on any atom is 0.248 e. The number of hydrogen-bond acceptors (Lipinski definition) is 4. The molecule has 5 nitrogen and oxygen atoms in total. The Bertz CT molecular complexity index is 665. The third-order valence-electron chi connectivity index (χ3n) is 4.04. The summed E-state index contributed by atoms with van der Waals surface area (Å²) in [7, 11) is 0. The lowest BCUT2D eigenvalue weighted by atomic mass is 9.96. The van der Waals surface area contributed by atoms with E-state index >= 15 is 0 Å². The van der Waals surface area contributed by atoms with Gasteiger partial charge >= 0.3 is 0 Å². The Labute approximate surface area is 130 Å². The minimum atomic E-state index is -0.434. The average Bonchev–Trinajstić information content (AvgIpc) is 2.56. The molecule has 0 unspecified atom stereocenters. The number of carbonyl (C=O) groups is 1. The predicted octanol–water partition coefficient (Wildman–Crippen LogP) is 2.99. The summed E-state index contributed by atoms with van der Waals surface area (Å²) in [6.07, 6.45) is 7.93. The zero-order valence-corrected chi connectivity index (χ0v) is 12.5. The van der Waals surface area contributed by atoms with Crippen LogP contribution in [0.2, 0.25) is 0 Å². The largest absolute Gasteiger partial charge is 0.366 e. The summed E-state index contributed by atoms with van der Waals surface area (Å²) >= 11 is 0. The van der Waals surface area contributed by atoms with Crippen molar-refractivity contribution in [3.05, 3.63) is 42.1 Å². The normalized spacial score (nSPS) is 15.5. The number of nitrogens with two attached hydrogens (primary N) is 1. The SMILES string of the molecule is NC(=O)c1cccc(-c2ccnc(NC3CCCCC3)n2)c1. The van der Waals surface area contributed by atoms with Crippen LogP contribution in [0.25, 0.3) is 11.3 Å². The molecule has 3 N–H and O–H groups in total. The van der Waals surface area contributed by atoms with Gasteiger partial charge in [0.25, 0.3) is 0 Å². The van der Waals surface area contributed by atoms with Gasteiger partial charge in [-0.1, -0.05) is 31.4 Å². The summed E-state index contributed by atoms with van der Waals surface area (Å²) in [6, 6.07) is 9.49. The number of anilines is 1. The predicted molar refractivity (Wildman–Crippen MR) is 86.5 cm³/mol. The van der Waals surface area contributed by atoms with Crippen molar-refractivity contribution in [1.82, 2.24) is 9.97 Å². The first-order valence-corrected chi connectivity index (χ1v) is 7.72. The summed E-state index contributed by atoms with van der Waals surface area (Å²) in [5.74, 6) is 0.213. The molecule has 1 fully saturated rings. The van der Waals surface area contributed by atoms with Crippen molar-refractivity contribution in [2.24, 2.45) is 5.73 Å². The first-order valence-electron chi connectivity index (χ1n) is 7.72. The Morgan fingerprint density at radius 2 is 2.00 bits per heavy atom. The molecule has 3 rings (SSSR count). The Hall–Kier alpha value is -2.43. The van der Waals surface area contributed by atoms with E-state index in [9.17, 15) is 4.79 Å². The van der Waals surface area contributed by atoms with Gasteiger partial charge in [-0.2, -0.15) is 0 Å². The fraction of sp³-hybridized carbons (Fsp3) is 0.353. The molecule has 22 heavy (non-hydrogen) atoms. The van der Waals surface area contributed by atoms with Crippen LogP contribution < -0.4 is 11.1 Å². The Morgan fingerprint density at radius 3 is 2.77 bits per heavy atom. The molecular formula is C17H20N4O. The van der Waals surface area contributed by atoms with Gasteiger partial charge in [0.05, 0.1) is 5.69 Å². The molecule has 1 aromatic heterocycles. The van der Waals surface area contributed by atoms with Crippen LogP contribution in [0, 0.1) is 0 Å². The third-order valence-corrected chi connectivity index (χ3v) is 4.04. The van der Waals surface area contributed by atoms with Gasteiger partial charge in [-0.3, -0.25) is 4.79 Å². The summed E-state index contributed by atoms with van der Waals surface area (Å²) in [5, 5.41) is 3.41. The smallest absolute Gasteiger partial charge is 0.248 e. The molecule has 0 aliphatic heterocycles. The first-order chi connectivity index (χ1) is 10.7. The van der Waals surface area contributed by atoms with Crippen LogP contribution in [-0.2, 0) is 0 Å². The van der Waals surface area contributed by atoms with Gasteiger partial charge in [-0.05, 0) is 31.0 Å². The minimum absolute atomic E-state index is 0.434. The molecule has 114 valence electrons. The van der Waals surface area contributed by atoms with Gasteiger partial charge in [0.1, 0.15) is 0 Å². The summed E-state index contributed by atoms with van der Waals surface area (Å²) < 4.78 is 0. The van der Waals surface area contributed by atoms with Crippen LogP contribution in [0.5, 0.6) is 0 Å². The van der Waals surface area contributed by atoms with Gasteiger partial charge in [-0.15, -0.1) is 0 Å². The van der Waals surface area contributed by atoms with Crippen LogP contribution in [-0.4, -0.2) is 21.9 Å². The lowest BCUT2D eigenvalue weighted by molar-refractivity contribution is 0.100. The molecule has 1 aliphatic rings. The maximum absolute atomic E-state index is 11.3. The number of hydrogen-bond donors (Lipinski definition) is 2. The highest BCUT2D eigenvalue weighted by Crippen LogP contribution is 2.22. The number of benzene rings is 1. The molecule has 0 bridgehead atoms. The van der Waals surface area contributed by atoms with Crippen molar-refractivity contribution in [2.75, 3.05) is 5.32 Å². The third kappa shape index (κ3) is 3.42. The van der Waals surface area contributed by atoms with Gasteiger partial charge in [-0.25, -0.2) is 9.97 Å². The molecule has 0 atom stereocenters. The number of amides is 1. The van der Waals surface area contributed by atoms with E-state index in [-0.39, 0.29) is 0 Å². The molecule has 0 spiro atoms. The van der Waals surface area contributed by atoms with Crippen LogP contribution in [0.15, 0.2) is 36.5 Å². The van der Waals surface area contributed by atoms with E-state index in [0.717, 1.165) is 11.3 Å². The minimum Gasteiger partial charge on any atom is -0.366 e. The van der Waals surface area contributed by atoms with Crippen molar-refractivity contribution in [2.45, 2.75) is 38.1 Å². The van der Waals surface area contributed by atoms with Crippen molar-refractivity contribution in [3.8, 4) is 11.3 Å². The molecule has 1 aromatic carbocycles. The van der Waals surface area contributed by atoms with Crippen molar-refractivity contribution < 1.29 is 4.79 Å². The van der Waals surface area contributed by atoms with Crippen LogP contribution in [0.4, 0.5) is 5.95 Å². The van der Waals surface area contributed by atoms with E-state index in [4.69, 9.17) is 5.73 Å². The first kappa shape index (κ1) is 14.5. The van der Waals surface area contributed by atoms with Crippen LogP contribution >= 0.6 is 0 Å². The monoisotopic (exact) mass is 296 g/mol. The lowest BCUT2D eigenvalue weighted by Gasteiger charge is -2.22. The lowest BCUT2D eigenvalue weighted by Crippen LogP contribution is -2.23. The number of carbonyl (C=O) groups excluding carboxylic acids is 1. The van der Waals surface area contributed by atoms with E-state index < -0.39 is 5.91 Å². The highest BCUT2D eigenvalue weighted by molar-refractivity contribution is 5.94. The van der Waals surface area contributed by atoms with Crippen molar-refractivity contribution in [1.29, 1.82) is 0 Å². The fourth-order valence-electron chi connectivity index (χ4n) is 2.85. The number of aromatic nitrogens is 2. The second-order valence-corrected chi connectivity index (χ2v) is 5.69. The molecule has 1 amide bonds. The molecule has 2 aromatic rings. The number of nitrogens with zero attached hydrogens (tertiary/aromatic N) is 2. The zero-order valence-electron chi connectivity index (χ0n) is 12.5. The summed E-state index contributed by atoms with van der Waals surface area (Å²) in [4.78, 5) is 20.2. The zero-order chi connectivity index (χ0) is 15.4. The number of nitrogens with one attached hydrogen (secondary N) is 1. The molecule has 5 heteroatoms. The van der Waals surface area contributed by atoms with Crippen molar-refractivity contribution in [3.63, 3.8) is 0 Å². The highest BCUT2D eigenvalue weighted by atomic mass is 16.1. The molecule has 1 saturated carbocycles. The Morgan fingerprint density at radius 1 is 1.18 bits per heavy atom. The molecular weight excluding hydrogens is 276 g/mol. The quantitative estimate of drug-likeness (QED) is 0.908. The van der Waals surface area contributed by atoms with E-state index in [0.29, 0.717) is 17.6 Å². The highest BCUT2D eigenvalue weighted by Gasteiger charge is 2.14. The maximum atomic E-state index is 11.3. The number of rotatable bonds is 4. The molecule has 1 heterocycles. The van der Waals surface area contributed by atoms with E-state index in [2.05, 4.69) is 15.3 Å². The van der Waals surface area contributed by atoms with Gasteiger partial charge < -0.3 is 11.1 Å². The second kappa shape index (κ2) is 6.56. The average molecular weight is 296 g/mol. The van der Waals surface area contributed by atoms with E-state index in [1.165, 1.54) is 32.1 Å². The molecule has 1 aliphatic carbocycles. The molecule has 0 radical (unpaired) electrons.